The Balaban J connectivity index is -0.000000339. The van der Waals surface area contributed by atoms with E-state index in [1.807, 2.05) is 20.8 Å². The normalized spacial score (nSPS) is 7.13. The summed E-state index contributed by atoms with van der Waals surface area (Å²) in [5.41, 5.74) is 0.704. The largest absolute Gasteiger partial charge is 1.00 e. The molecule has 1 amide bonds. The number of benzene rings is 1. The molecule has 4 heteroatoms. The van der Waals surface area contributed by atoms with Gasteiger partial charge in [-0.05, 0) is 0 Å². The first-order chi connectivity index (χ1) is 6.33. The van der Waals surface area contributed by atoms with Gasteiger partial charge in [-0.1, -0.05) is 20.8 Å². The first kappa shape index (κ1) is 21.4. The maximum atomic E-state index is 10.8. The van der Waals surface area contributed by atoms with Crippen LogP contribution in [0.1, 0.15) is 27.2 Å². The van der Waals surface area contributed by atoms with Gasteiger partial charge in [0, 0.05) is 25.9 Å². The summed E-state index contributed by atoms with van der Waals surface area (Å²) < 4.78 is 0. The van der Waals surface area contributed by atoms with Crippen molar-refractivity contribution in [2.24, 2.45) is 0 Å². The van der Waals surface area contributed by atoms with Gasteiger partial charge in [-0.2, -0.15) is 5.69 Å². The minimum absolute atomic E-state index is 0. The zero-order valence-electron chi connectivity index (χ0n) is 9.68. The van der Waals surface area contributed by atoms with Crippen molar-refractivity contribution >= 4 is 11.6 Å². The SMILES string of the molecule is CC.CCC(=O)Nc1[c-]c[c-]cc1.[Rb+].[Rh]. The van der Waals surface area contributed by atoms with Crippen LogP contribution in [0.2, 0.25) is 0 Å². The molecule has 1 radical (unpaired) electrons. The van der Waals surface area contributed by atoms with Crippen LogP contribution in [-0.4, -0.2) is 5.91 Å². The average molecular weight is 366 g/mol. The minimum atomic E-state index is 0. The molecular formula is C11H15NORbRh-. The number of carbonyl (C=O) groups excluding carboxylic acids is 1. The predicted octanol–water partition coefficient (Wildman–Crippen LogP) is -0.337. The van der Waals surface area contributed by atoms with Crippen LogP contribution in [0.15, 0.2) is 18.2 Å². The molecular weight excluding hydrogens is 351 g/mol. The summed E-state index contributed by atoms with van der Waals surface area (Å²) in [6.45, 7) is 5.81. The van der Waals surface area contributed by atoms with Gasteiger partial charge in [0.05, 0.1) is 0 Å². The van der Waals surface area contributed by atoms with Gasteiger partial charge in [-0.15, -0.1) is 0 Å². The van der Waals surface area contributed by atoms with Crippen molar-refractivity contribution < 1.29 is 82.5 Å². The number of anilines is 1. The number of rotatable bonds is 2. The molecule has 1 rings (SSSR count). The molecule has 0 fully saturated rings. The van der Waals surface area contributed by atoms with Crippen LogP contribution < -0.4 is 63.5 Å². The molecule has 1 N–H and O–H groups in total. The third-order valence-corrected chi connectivity index (χ3v) is 1.25. The minimum Gasteiger partial charge on any atom is -0.372 e. The molecule has 0 saturated heterocycles. The Morgan fingerprint density at radius 2 is 2.07 bits per heavy atom. The molecule has 81 valence electrons. The zero-order valence-corrected chi connectivity index (χ0v) is 16.2. The van der Waals surface area contributed by atoms with Crippen LogP contribution in [0.5, 0.6) is 0 Å². The first-order valence-electron chi connectivity index (χ1n) is 4.50. The van der Waals surface area contributed by atoms with E-state index in [2.05, 4.69) is 17.4 Å². The van der Waals surface area contributed by atoms with E-state index in [1.165, 1.54) is 0 Å². The quantitative estimate of drug-likeness (QED) is 0.564. The van der Waals surface area contributed by atoms with E-state index in [0.29, 0.717) is 12.1 Å². The van der Waals surface area contributed by atoms with Gasteiger partial charge in [-0.25, -0.2) is 0 Å². The van der Waals surface area contributed by atoms with Gasteiger partial charge in [-0.3, -0.25) is 16.9 Å². The first-order valence-corrected chi connectivity index (χ1v) is 4.50. The van der Waals surface area contributed by atoms with Crippen molar-refractivity contribution in [3.05, 3.63) is 30.3 Å². The van der Waals surface area contributed by atoms with Crippen molar-refractivity contribution in [2.75, 3.05) is 5.32 Å². The molecule has 0 aromatic heterocycles. The van der Waals surface area contributed by atoms with Gasteiger partial charge < -0.3 is 23.5 Å². The molecule has 0 aliphatic carbocycles. The van der Waals surface area contributed by atoms with Gasteiger partial charge in [0.25, 0.3) is 0 Å². The topological polar surface area (TPSA) is 29.1 Å². The molecule has 0 aliphatic rings. The number of amides is 1. The van der Waals surface area contributed by atoms with E-state index in [0.717, 1.165) is 0 Å². The van der Waals surface area contributed by atoms with E-state index >= 15 is 0 Å². The van der Waals surface area contributed by atoms with Gasteiger partial charge in [0.15, 0.2) is 0 Å². The van der Waals surface area contributed by atoms with E-state index in [4.69, 9.17) is 0 Å². The van der Waals surface area contributed by atoms with Crippen molar-refractivity contribution in [3.63, 3.8) is 0 Å². The van der Waals surface area contributed by atoms with Gasteiger partial charge in [0.2, 0.25) is 5.91 Å². The summed E-state index contributed by atoms with van der Waals surface area (Å²) in [6.07, 6.45) is 0.493. The maximum Gasteiger partial charge on any atom is 1.00 e. The Labute approximate surface area is 154 Å². The third-order valence-electron chi connectivity index (χ3n) is 1.25. The number of hydrogen-bond acceptors (Lipinski definition) is 1. The van der Waals surface area contributed by atoms with Crippen molar-refractivity contribution in [2.45, 2.75) is 27.2 Å². The fraction of sp³-hybridized carbons (Fsp3) is 0.364. The second-order valence-corrected chi connectivity index (χ2v) is 2.10. The van der Waals surface area contributed by atoms with E-state index in [-0.39, 0.29) is 83.6 Å². The predicted molar refractivity (Wildman–Crippen MR) is 54.4 cm³/mol. The van der Waals surface area contributed by atoms with E-state index in [9.17, 15) is 4.79 Å². The summed E-state index contributed by atoms with van der Waals surface area (Å²) in [4.78, 5) is 10.8. The summed E-state index contributed by atoms with van der Waals surface area (Å²) >= 11 is 0. The van der Waals surface area contributed by atoms with E-state index < -0.39 is 0 Å². The second-order valence-electron chi connectivity index (χ2n) is 2.10. The maximum absolute atomic E-state index is 10.8. The zero-order chi connectivity index (χ0) is 10.1. The molecule has 15 heavy (non-hydrogen) atoms. The van der Waals surface area contributed by atoms with Crippen LogP contribution >= 0.6 is 0 Å². The molecule has 1 aromatic rings. The monoisotopic (exact) mass is 365 g/mol. The molecule has 0 heterocycles. The molecule has 0 unspecified atom stereocenters. The average Bonchev–Trinajstić information content (AvgIpc) is 2.22. The standard InChI is InChI=1S/C9H9NO.C2H6.Rb.Rh/c1-2-9(11)10-8-6-4-3-5-7-8;1-2;;/h4-6H,2H2,1H3,(H,10,11);1-2H3;;/q-2;;+1;. The molecule has 0 atom stereocenters. The Bertz CT molecular complexity index is 242. The summed E-state index contributed by atoms with van der Waals surface area (Å²) in [5, 5.41) is 2.68. The molecule has 0 aliphatic heterocycles. The molecule has 1 aromatic carbocycles. The number of hydrogen-bond donors (Lipinski definition) is 1. The summed E-state index contributed by atoms with van der Waals surface area (Å²) in [7, 11) is 0. The van der Waals surface area contributed by atoms with E-state index in [1.54, 1.807) is 18.2 Å². The van der Waals surface area contributed by atoms with Crippen LogP contribution in [-0.2, 0) is 24.3 Å². The smallest absolute Gasteiger partial charge is 0.372 e. The fourth-order valence-corrected chi connectivity index (χ4v) is 0.663. The summed E-state index contributed by atoms with van der Waals surface area (Å²) in [5.74, 6) is 0.00690. The molecule has 0 saturated carbocycles. The fourth-order valence-electron chi connectivity index (χ4n) is 0.663. The van der Waals surface area contributed by atoms with Gasteiger partial charge >= 0.3 is 58.2 Å². The number of nitrogens with one attached hydrogen (secondary N) is 1. The molecule has 2 nitrogen and oxygen atoms in total. The van der Waals surface area contributed by atoms with Gasteiger partial charge in [0.1, 0.15) is 0 Å². The Kier molecular flexibility index (Phi) is 21.6. The Hall–Kier alpha value is 1.12. The van der Waals surface area contributed by atoms with Crippen LogP contribution in [0.4, 0.5) is 5.69 Å². The van der Waals surface area contributed by atoms with Crippen LogP contribution in [0.25, 0.3) is 0 Å². The molecule has 0 bridgehead atoms. The third kappa shape index (κ3) is 11.4. The van der Waals surface area contributed by atoms with Crippen LogP contribution in [0.3, 0.4) is 0 Å². The second kappa shape index (κ2) is 15.1. The number of carbonyl (C=O) groups is 1. The Morgan fingerprint density at radius 3 is 2.47 bits per heavy atom. The van der Waals surface area contributed by atoms with Crippen molar-refractivity contribution in [1.82, 2.24) is 0 Å². The Morgan fingerprint density at radius 1 is 1.47 bits per heavy atom. The van der Waals surface area contributed by atoms with Crippen LogP contribution in [0, 0.1) is 12.1 Å². The van der Waals surface area contributed by atoms with Crippen molar-refractivity contribution in [3.8, 4) is 0 Å². The summed E-state index contributed by atoms with van der Waals surface area (Å²) in [6, 6.07) is 10.8. The molecule has 0 spiro atoms. The van der Waals surface area contributed by atoms with Crippen molar-refractivity contribution in [1.29, 1.82) is 0 Å².